The van der Waals surface area contributed by atoms with E-state index in [1.54, 1.807) is 0 Å². The summed E-state index contributed by atoms with van der Waals surface area (Å²) in [5.74, 6) is 0. The Balaban J connectivity index is 0.000000135. The summed E-state index contributed by atoms with van der Waals surface area (Å²) in [6.45, 7) is 0. The molecule has 0 unspecified atom stereocenters. The lowest BCUT2D eigenvalue weighted by Gasteiger charge is -2.34. The van der Waals surface area contributed by atoms with E-state index in [-0.39, 0.29) is 0 Å². The van der Waals surface area contributed by atoms with Gasteiger partial charge in [-0.25, -0.2) is 0 Å². The van der Waals surface area contributed by atoms with E-state index < -0.39 is 10.8 Å². The third kappa shape index (κ3) is 11.4. The van der Waals surface area contributed by atoms with Crippen molar-refractivity contribution in [2.45, 2.75) is 10.8 Å². The Bertz CT molecular complexity index is 8790. The second-order valence-electron chi connectivity index (χ2n) is 37.0. The Kier molecular flexibility index (Phi) is 17.3. The monoisotopic (exact) mass is 1720 g/mol. The van der Waals surface area contributed by atoms with Gasteiger partial charge in [-0.1, -0.05) is 425 Å². The van der Waals surface area contributed by atoms with E-state index in [1.165, 1.54) is 253 Å². The van der Waals surface area contributed by atoms with Gasteiger partial charge in [-0.15, -0.1) is 0 Å². The Morgan fingerprint density at radius 1 is 0.132 bits per heavy atom. The maximum Gasteiger partial charge on any atom is 0.0725 e. The minimum Gasteiger partial charge on any atom is -0.309 e. The highest BCUT2D eigenvalue weighted by molar-refractivity contribution is 6.24. The third-order valence-electron chi connectivity index (χ3n) is 30.2. The maximum atomic E-state index is 2.54. The summed E-state index contributed by atoms with van der Waals surface area (Å²) in [6, 6.07) is 190. The standard InChI is InChI=1S/C67H41N.C67H43N/c1-2-16-44-39-45(30-29-42(44)15-1)46-34-38-64-58(40-46)53-20-10-14-28-63(53)68(64)48-35-31-43(32-36-48)65-54-21-3-5-23-56(54)66(57-24-6-4-22-55(57)65)47-33-37-52-51-19-9-13-27-61(51)67(62(52)41-47)59-25-11-7-17-49(59)50-18-8-12-26-60(50)67;1-3-19-50(20-4-1)67(51-21-5-2-6-22-51)61-29-15-13-23-53(61)54-39-35-49(43-62(54)67)66-58-27-11-9-25-56(58)65(57-26-10-12-28-59(57)66)45-33-37-52(38-34-45)68-63-30-16-14-24-55(63)60-42-48(36-40-64(60)68)47-32-31-44-17-7-8-18-46(44)41-47/h1-41H;1-43H. The van der Waals surface area contributed by atoms with Crippen molar-refractivity contribution in [3.8, 4) is 112 Å². The molecule has 630 valence electrons. The van der Waals surface area contributed by atoms with Crippen LogP contribution in [0.4, 0.5) is 0 Å². The zero-order valence-electron chi connectivity index (χ0n) is 74.4. The largest absolute Gasteiger partial charge is 0.309 e. The van der Waals surface area contributed by atoms with Gasteiger partial charge in [0.05, 0.1) is 32.9 Å². The molecule has 24 aromatic carbocycles. The maximum absolute atomic E-state index is 2.54. The van der Waals surface area contributed by atoms with Crippen molar-refractivity contribution in [3.05, 3.63) is 554 Å². The van der Waals surface area contributed by atoms with Gasteiger partial charge in [-0.3, -0.25) is 0 Å². The number of rotatable bonds is 10. The Morgan fingerprint density at radius 2 is 0.382 bits per heavy atom. The van der Waals surface area contributed by atoms with Gasteiger partial charge < -0.3 is 9.13 Å². The minimum atomic E-state index is -0.479. The summed E-state index contributed by atoms with van der Waals surface area (Å²) in [6.07, 6.45) is 0. The lowest BCUT2D eigenvalue weighted by Crippen LogP contribution is -2.28. The lowest BCUT2D eigenvalue weighted by molar-refractivity contribution is 0.769. The summed E-state index contributed by atoms with van der Waals surface area (Å²) in [7, 11) is 0. The van der Waals surface area contributed by atoms with Crippen molar-refractivity contribution in [1.29, 1.82) is 0 Å². The minimum absolute atomic E-state index is 0.404. The molecule has 3 aliphatic carbocycles. The van der Waals surface area contributed by atoms with Gasteiger partial charge in [0.1, 0.15) is 0 Å². The average Bonchev–Trinajstić information content (AvgIpc) is 1.50. The topological polar surface area (TPSA) is 9.86 Å². The number of benzene rings is 24. The molecule has 2 nitrogen and oxygen atoms in total. The zero-order chi connectivity index (χ0) is 89.3. The first kappa shape index (κ1) is 77.2. The molecule has 3 aliphatic rings. The van der Waals surface area contributed by atoms with Gasteiger partial charge in [0.15, 0.2) is 0 Å². The van der Waals surface area contributed by atoms with Crippen LogP contribution >= 0.6 is 0 Å². The normalized spacial score (nSPS) is 13.0. The van der Waals surface area contributed by atoms with E-state index in [0.29, 0.717) is 0 Å². The van der Waals surface area contributed by atoms with Gasteiger partial charge in [-0.2, -0.15) is 0 Å². The number of hydrogen-bond acceptors (Lipinski definition) is 0. The molecular formula is C134H84N2. The van der Waals surface area contributed by atoms with Crippen LogP contribution in [-0.2, 0) is 10.8 Å². The van der Waals surface area contributed by atoms with Crippen molar-refractivity contribution in [1.82, 2.24) is 9.13 Å². The Labute approximate surface area is 788 Å². The van der Waals surface area contributed by atoms with E-state index in [9.17, 15) is 0 Å². The zero-order valence-corrected chi connectivity index (χ0v) is 74.4. The second kappa shape index (κ2) is 30.5. The van der Waals surface area contributed by atoms with Crippen LogP contribution in [0.15, 0.2) is 510 Å². The number of para-hydroxylation sites is 2. The van der Waals surface area contributed by atoms with E-state index in [4.69, 9.17) is 0 Å². The predicted molar refractivity (Wildman–Crippen MR) is 573 cm³/mol. The quantitative estimate of drug-likeness (QED) is 0.121. The third-order valence-corrected chi connectivity index (χ3v) is 30.2. The summed E-state index contributed by atoms with van der Waals surface area (Å²) >= 11 is 0. The lowest BCUT2D eigenvalue weighted by atomic mass is 9.67. The molecule has 0 saturated carbocycles. The molecule has 1 spiro atoms. The number of aromatic nitrogens is 2. The Hall–Kier alpha value is -17.6. The average molecular weight is 1720 g/mol. The molecule has 0 radical (unpaired) electrons. The number of nitrogens with zero attached hydrogens (tertiary/aromatic N) is 2. The molecule has 2 heterocycles. The summed E-state index contributed by atoms with van der Waals surface area (Å²) in [5, 5.41) is 20.0. The summed E-state index contributed by atoms with van der Waals surface area (Å²) < 4.78 is 4.85. The molecule has 2 aromatic heterocycles. The first-order chi connectivity index (χ1) is 67.5. The molecule has 26 aromatic rings. The van der Waals surface area contributed by atoms with Crippen LogP contribution in [-0.4, -0.2) is 9.13 Å². The molecule has 0 saturated heterocycles. The number of fused-ring (bicyclic) bond motifs is 25. The van der Waals surface area contributed by atoms with Crippen LogP contribution < -0.4 is 0 Å². The van der Waals surface area contributed by atoms with Crippen LogP contribution in [0.5, 0.6) is 0 Å². The van der Waals surface area contributed by atoms with Gasteiger partial charge in [-0.05, 0) is 294 Å². The first-order valence-electron chi connectivity index (χ1n) is 47.4. The molecule has 0 aliphatic heterocycles. The van der Waals surface area contributed by atoms with E-state index >= 15 is 0 Å². The molecule has 0 atom stereocenters. The molecule has 29 rings (SSSR count). The van der Waals surface area contributed by atoms with E-state index in [0.717, 1.165) is 11.4 Å². The van der Waals surface area contributed by atoms with Crippen molar-refractivity contribution in [3.63, 3.8) is 0 Å². The molecule has 0 bridgehead atoms. The second-order valence-corrected chi connectivity index (χ2v) is 37.0. The van der Waals surface area contributed by atoms with Gasteiger partial charge in [0.25, 0.3) is 0 Å². The van der Waals surface area contributed by atoms with Crippen LogP contribution in [0.3, 0.4) is 0 Å². The fourth-order valence-corrected chi connectivity index (χ4v) is 24.5. The molecule has 0 fully saturated rings. The number of hydrogen-bond donors (Lipinski definition) is 0. The van der Waals surface area contributed by atoms with Gasteiger partial charge in [0.2, 0.25) is 0 Å². The van der Waals surface area contributed by atoms with E-state index in [2.05, 4.69) is 519 Å². The van der Waals surface area contributed by atoms with Crippen LogP contribution in [0.2, 0.25) is 0 Å². The predicted octanol–water partition coefficient (Wildman–Crippen LogP) is 35.2. The summed E-state index contributed by atoms with van der Waals surface area (Å²) in [5.41, 5.74) is 39.5. The molecule has 0 N–H and O–H groups in total. The molecule has 136 heavy (non-hydrogen) atoms. The van der Waals surface area contributed by atoms with Crippen molar-refractivity contribution in [2.75, 3.05) is 0 Å². The highest BCUT2D eigenvalue weighted by atomic mass is 15.0. The van der Waals surface area contributed by atoms with Gasteiger partial charge >= 0.3 is 0 Å². The molecule has 2 heteroatoms. The summed E-state index contributed by atoms with van der Waals surface area (Å²) in [4.78, 5) is 0. The fraction of sp³-hybridized carbons (Fsp3) is 0.0149. The van der Waals surface area contributed by atoms with Crippen molar-refractivity contribution in [2.24, 2.45) is 0 Å². The molecular weight excluding hydrogens is 1640 g/mol. The van der Waals surface area contributed by atoms with Crippen LogP contribution in [0.1, 0.15) is 44.5 Å². The van der Waals surface area contributed by atoms with Crippen LogP contribution in [0.25, 0.3) is 220 Å². The first-order valence-corrected chi connectivity index (χ1v) is 47.4. The van der Waals surface area contributed by atoms with Crippen molar-refractivity contribution >= 4 is 108 Å². The fourth-order valence-electron chi connectivity index (χ4n) is 24.5. The van der Waals surface area contributed by atoms with E-state index in [1.807, 2.05) is 0 Å². The van der Waals surface area contributed by atoms with Crippen molar-refractivity contribution < 1.29 is 0 Å². The van der Waals surface area contributed by atoms with Crippen LogP contribution in [0, 0.1) is 0 Å². The highest BCUT2D eigenvalue weighted by Gasteiger charge is 2.52. The SMILES string of the molecule is c1ccc(C2(c3ccccc3)c3ccccc3-c3ccc(-c4c5ccccc5c(-c5ccc(-n6c7ccccc7c7cc(-c8ccc9ccccc9c8)ccc76)cc5)c5ccccc45)cc32)cc1.c1ccc2c(c1)-c1ccccc1C21c2ccccc2-c2ccc(-c3c4ccccc4c(-c4ccc(-n5c6ccccc6c6cc(-c7ccc8ccccc8c7)ccc65)cc4)c4ccccc34)cc21. The highest BCUT2D eigenvalue weighted by Crippen LogP contribution is 2.64. The smallest absolute Gasteiger partial charge is 0.0725 e. The van der Waals surface area contributed by atoms with Gasteiger partial charge in [0, 0.05) is 32.9 Å². The molecule has 0 amide bonds. The Morgan fingerprint density at radius 3 is 0.750 bits per heavy atom.